The van der Waals surface area contributed by atoms with E-state index in [4.69, 9.17) is 0 Å². The Morgan fingerprint density at radius 3 is 2.21 bits per heavy atom. The molecule has 0 radical (unpaired) electrons. The fourth-order valence-electron chi connectivity index (χ4n) is 4.03. The van der Waals surface area contributed by atoms with Gasteiger partial charge in [-0.15, -0.1) is 11.8 Å². The maximum Gasteiger partial charge on any atom is 0.249 e. The Morgan fingerprint density at radius 2 is 1.58 bits per heavy atom. The number of nitrogens with zero attached hydrogens (tertiary/aromatic N) is 1. The molecule has 1 aliphatic rings. The molecule has 2 atom stereocenters. The molecular weight excluding hydrogens is 452 g/mol. The van der Waals surface area contributed by atoms with Gasteiger partial charge in [0.05, 0.1) is 10.9 Å². The van der Waals surface area contributed by atoms with Gasteiger partial charge in [0.15, 0.2) is 0 Å². The lowest BCUT2D eigenvalue weighted by atomic mass is 10.0. The number of hydrogen-bond donors (Lipinski definition) is 1. The average Bonchev–Trinajstić information content (AvgIpc) is 3.36. The molecule has 0 saturated carbocycles. The molecule has 3 aromatic carbocycles. The van der Waals surface area contributed by atoms with Crippen LogP contribution >= 0.6 is 11.8 Å². The number of benzene rings is 3. The van der Waals surface area contributed by atoms with Gasteiger partial charge in [0.1, 0.15) is 5.37 Å². The van der Waals surface area contributed by atoms with Gasteiger partial charge in [-0.3, -0.25) is 4.79 Å². The Bertz CT molecular complexity index is 1170. The first-order valence-electron chi connectivity index (χ1n) is 11.1. The molecule has 0 bridgehead atoms. The van der Waals surface area contributed by atoms with Crippen LogP contribution in [0.1, 0.15) is 31.4 Å². The number of rotatable bonds is 8. The molecule has 1 N–H and O–H groups in total. The summed E-state index contributed by atoms with van der Waals surface area (Å²) in [7, 11) is -3.79. The van der Waals surface area contributed by atoms with Crippen molar-refractivity contribution in [2.24, 2.45) is 0 Å². The topological polar surface area (TPSA) is 66.5 Å². The van der Waals surface area contributed by atoms with Gasteiger partial charge < -0.3 is 5.32 Å². The fraction of sp³-hybridized carbons (Fsp3) is 0.269. The van der Waals surface area contributed by atoms with Crippen LogP contribution in [0.15, 0.2) is 89.8 Å². The number of thioether (sulfide) groups is 1. The minimum atomic E-state index is -3.79. The van der Waals surface area contributed by atoms with Crippen LogP contribution in [0.4, 0.5) is 0 Å². The van der Waals surface area contributed by atoms with Crippen LogP contribution in [0.3, 0.4) is 0 Å². The number of nitrogens with one attached hydrogen (secondary N) is 1. The normalized spacial score (nSPS) is 17.5. The van der Waals surface area contributed by atoms with Crippen molar-refractivity contribution < 1.29 is 13.2 Å². The van der Waals surface area contributed by atoms with E-state index in [2.05, 4.69) is 12.2 Å². The third kappa shape index (κ3) is 5.32. The van der Waals surface area contributed by atoms with Gasteiger partial charge in [-0.25, -0.2) is 8.42 Å². The van der Waals surface area contributed by atoms with Crippen molar-refractivity contribution in [2.45, 2.75) is 36.1 Å². The van der Waals surface area contributed by atoms with Crippen molar-refractivity contribution in [3.05, 3.63) is 90.5 Å². The van der Waals surface area contributed by atoms with Crippen LogP contribution in [0, 0.1) is 0 Å². The standard InChI is InChI=1S/C26H28N2O3S2/c1-2-9-24(22-12-7-4-8-13-22)27-25(29)26-28(18-19-32-26)33(30,31)23-16-14-21(15-17-23)20-10-5-3-6-11-20/h3-8,10-17,24,26H,2,9,18-19H2,1H3,(H,27,29). The molecule has 33 heavy (non-hydrogen) atoms. The Kier molecular flexibility index (Phi) is 7.53. The lowest BCUT2D eigenvalue weighted by Gasteiger charge is -2.25. The summed E-state index contributed by atoms with van der Waals surface area (Å²) < 4.78 is 28.2. The van der Waals surface area contributed by atoms with Crippen LogP contribution in [-0.2, 0) is 14.8 Å². The molecule has 5 nitrogen and oxygen atoms in total. The molecule has 4 rings (SSSR count). The average molecular weight is 481 g/mol. The summed E-state index contributed by atoms with van der Waals surface area (Å²) in [5, 5.41) is 2.32. The molecule has 0 spiro atoms. The first-order valence-corrected chi connectivity index (χ1v) is 13.6. The first-order chi connectivity index (χ1) is 16.0. The van der Waals surface area contributed by atoms with Gasteiger partial charge in [0.25, 0.3) is 0 Å². The van der Waals surface area contributed by atoms with Gasteiger partial charge >= 0.3 is 0 Å². The van der Waals surface area contributed by atoms with Crippen molar-refractivity contribution in [3.63, 3.8) is 0 Å². The SMILES string of the molecule is CCCC(NC(=O)C1SCCN1S(=O)(=O)c1ccc(-c2ccccc2)cc1)c1ccccc1. The van der Waals surface area contributed by atoms with E-state index < -0.39 is 15.4 Å². The van der Waals surface area contributed by atoms with Gasteiger partial charge in [-0.05, 0) is 35.2 Å². The molecule has 3 aromatic rings. The molecule has 1 heterocycles. The van der Waals surface area contributed by atoms with E-state index in [-0.39, 0.29) is 16.8 Å². The minimum absolute atomic E-state index is 0.139. The van der Waals surface area contributed by atoms with E-state index in [0.717, 1.165) is 29.5 Å². The highest BCUT2D eigenvalue weighted by molar-refractivity contribution is 8.02. The largest absolute Gasteiger partial charge is 0.347 e. The van der Waals surface area contributed by atoms with E-state index in [1.54, 1.807) is 12.1 Å². The quantitative estimate of drug-likeness (QED) is 0.489. The second-order valence-electron chi connectivity index (χ2n) is 7.99. The van der Waals surface area contributed by atoms with Crippen LogP contribution in [-0.4, -0.2) is 36.3 Å². The molecule has 1 amide bonds. The van der Waals surface area contributed by atoms with Crippen molar-refractivity contribution in [1.82, 2.24) is 9.62 Å². The maximum absolute atomic E-state index is 13.4. The second-order valence-corrected chi connectivity index (χ2v) is 11.1. The van der Waals surface area contributed by atoms with Crippen molar-refractivity contribution >= 4 is 27.7 Å². The molecular formula is C26H28N2O3S2. The Balaban J connectivity index is 1.52. The van der Waals surface area contributed by atoms with Gasteiger partial charge in [-0.1, -0.05) is 86.1 Å². The summed E-state index contributed by atoms with van der Waals surface area (Å²) in [4.78, 5) is 13.4. The van der Waals surface area contributed by atoms with E-state index in [9.17, 15) is 13.2 Å². The zero-order chi connectivity index (χ0) is 23.3. The Morgan fingerprint density at radius 1 is 0.970 bits per heavy atom. The fourth-order valence-corrected chi connectivity index (χ4v) is 7.12. The van der Waals surface area contributed by atoms with Gasteiger partial charge in [0.2, 0.25) is 15.9 Å². The molecule has 2 unspecified atom stereocenters. The predicted octanol–water partition coefficient (Wildman–Crippen LogP) is 5.07. The summed E-state index contributed by atoms with van der Waals surface area (Å²) in [6, 6.07) is 26.4. The first kappa shape index (κ1) is 23.5. The van der Waals surface area contributed by atoms with Crippen LogP contribution < -0.4 is 5.32 Å². The van der Waals surface area contributed by atoms with Crippen LogP contribution in [0.2, 0.25) is 0 Å². The number of carbonyl (C=O) groups is 1. The molecule has 7 heteroatoms. The number of amides is 1. The molecule has 172 valence electrons. The highest BCUT2D eigenvalue weighted by atomic mass is 32.2. The van der Waals surface area contributed by atoms with Gasteiger partial charge in [0, 0.05) is 12.3 Å². The highest BCUT2D eigenvalue weighted by Gasteiger charge is 2.40. The van der Waals surface area contributed by atoms with E-state index in [0.29, 0.717) is 12.3 Å². The summed E-state index contributed by atoms with van der Waals surface area (Å²) >= 11 is 1.37. The summed E-state index contributed by atoms with van der Waals surface area (Å²) in [5.74, 6) is 0.327. The number of hydrogen-bond acceptors (Lipinski definition) is 4. The number of carbonyl (C=O) groups excluding carboxylic acids is 1. The zero-order valence-corrected chi connectivity index (χ0v) is 20.2. The summed E-state index contributed by atoms with van der Waals surface area (Å²) in [5.41, 5.74) is 3.00. The molecule has 1 fully saturated rings. The zero-order valence-electron chi connectivity index (χ0n) is 18.6. The lowest BCUT2D eigenvalue weighted by Crippen LogP contribution is -2.45. The lowest BCUT2D eigenvalue weighted by molar-refractivity contribution is -0.122. The predicted molar refractivity (Wildman–Crippen MR) is 134 cm³/mol. The van der Waals surface area contributed by atoms with E-state index in [1.165, 1.54) is 16.1 Å². The van der Waals surface area contributed by atoms with Crippen molar-refractivity contribution in [1.29, 1.82) is 0 Å². The molecule has 0 aliphatic carbocycles. The smallest absolute Gasteiger partial charge is 0.249 e. The second kappa shape index (κ2) is 10.5. The van der Waals surface area contributed by atoms with Gasteiger partial charge in [-0.2, -0.15) is 4.31 Å². The highest BCUT2D eigenvalue weighted by Crippen LogP contribution is 2.32. The monoisotopic (exact) mass is 480 g/mol. The van der Waals surface area contributed by atoms with E-state index in [1.807, 2.05) is 72.8 Å². The number of sulfonamides is 1. The van der Waals surface area contributed by atoms with E-state index >= 15 is 0 Å². The molecule has 0 aromatic heterocycles. The summed E-state index contributed by atoms with van der Waals surface area (Å²) in [6.07, 6.45) is 1.70. The van der Waals surface area contributed by atoms with Crippen molar-refractivity contribution in [3.8, 4) is 11.1 Å². The summed E-state index contributed by atoms with van der Waals surface area (Å²) in [6.45, 7) is 2.39. The Hall–Kier alpha value is -2.61. The minimum Gasteiger partial charge on any atom is -0.347 e. The van der Waals surface area contributed by atoms with Crippen LogP contribution in [0.25, 0.3) is 11.1 Å². The molecule has 1 saturated heterocycles. The molecule has 1 aliphatic heterocycles. The third-order valence-electron chi connectivity index (χ3n) is 5.74. The maximum atomic E-state index is 13.4. The van der Waals surface area contributed by atoms with Crippen LogP contribution in [0.5, 0.6) is 0 Å². The Labute approximate surface area is 200 Å². The van der Waals surface area contributed by atoms with Crippen molar-refractivity contribution in [2.75, 3.05) is 12.3 Å². The third-order valence-corrected chi connectivity index (χ3v) is 8.95.